The molecule has 1 aromatic carbocycles. The van der Waals surface area contributed by atoms with Crippen LogP contribution in [0, 0.1) is 5.92 Å². The molecule has 2 amide bonds. The van der Waals surface area contributed by atoms with Crippen molar-refractivity contribution in [2.75, 3.05) is 6.54 Å². The summed E-state index contributed by atoms with van der Waals surface area (Å²) >= 11 is 0. The minimum Gasteiger partial charge on any atom is -0.370 e. The lowest BCUT2D eigenvalue weighted by Crippen LogP contribution is -2.34. The van der Waals surface area contributed by atoms with Crippen LogP contribution in [-0.2, 0) is 16.0 Å². The maximum Gasteiger partial charge on any atom is 0.223 e. The molecule has 0 aliphatic carbocycles. The minimum absolute atomic E-state index is 0.0841. The van der Waals surface area contributed by atoms with Crippen LogP contribution in [0.15, 0.2) is 30.3 Å². The predicted octanol–water partition coefficient (Wildman–Crippen LogP) is 0.857. The Labute approximate surface area is 101 Å². The van der Waals surface area contributed by atoms with E-state index in [-0.39, 0.29) is 18.2 Å². The van der Waals surface area contributed by atoms with Crippen molar-refractivity contribution in [2.45, 2.75) is 19.8 Å². The molecule has 0 saturated carbocycles. The zero-order valence-corrected chi connectivity index (χ0v) is 9.98. The molecule has 1 unspecified atom stereocenters. The van der Waals surface area contributed by atoms with E-state index in [1.807, 2.05) is 37.3 Å². The summed E-state index contributed by atoms with van der Waals surface area (Å²) in [4.78, 5) is 22.7. The highest BCUT2D eigenvalue weighted by Crippen LogP contribution is 2.12. The fourth-order valence-electron chi connectivity index (χ4n) is 1.72. The first-order chi connectivity index (χ1) is 8.13. The quantitative estimate of drug-likeness (QED) is 0.766. The summed E-state index contributed by atoms with van der Waals surface area (Å²) in [6, 6.07) is 9.61. The van der Waals surface area contributed by atoms with E-state index in [0.29, 0.717) is 13.0 Å². The Balaban J connectivity index is 2.70. The van der Waals surface area contributed by atoms with Gasteiger partial charge in [0, 0.05) is 13.0 Å². The second-order valence-corrected chi connectivity index (χ2v) is 3.95. The van der Waals surface area contributed by atoms with Crippen molar-refractivity contribution in [2.24, 2.45) is 11.7 Å². The zero-order valence-electron chi connectivity index (χ0n) is 9.98. The molecule has 1 atom stereocenters. The van der Waals surface area contributed by atoms with Gasteiger partial charge in [-0.1, -0.05) is 30.3 Å². The number of amides is 2. The van der Waals surface area contributed by atoms with E-state index in [9.17, 15) is 9.59 Å². The van der Waals surface area contributed by atoms with Crippen molar-refractivity contribution in [1.82, 2.24) is 5.32 Å². The lowest BCUT2D eigenvalue weighted by Gasteiger charge is -2.14. The standard InChI is InChI=1S/C13H18N2O2/c1-2-15-13(17)11(9-12(14)16)8-10-6-4-3-5-7-10/h3-7,11H,2,8-9H2,1H3,(H2,14,16)(H,15,17). The zero-order chi connectivity index (χ0) is 12.7. The van der Waals surface area contributed by atoms with Gasteiger partial charge in [-0.3, -0.25) is 9.59 Å². The number of carbonyl (C=O) groups excluding carboxylic acids is 2. The Morgan fingerprint density at radius 1 is 1.29 bits per heavy atom. The number of hydrogen-bond acceptors (Lipinski definition) is 2. The summed E-state index contributed by atoms with van der Waals surface area (Å²) in [5.41, 5.74) is 6.19. The first-order valence-electron chi connectivity index (χ1n) is 5.73. The highest BCUT2D eigenvalue weighted by molar-refractivity contribution is 5.85. The average Bonchev–Trinajstić information content (AvgIpc) is 2.29. The molecule has 17 heavy (non-hydrogen) atoms. The van der Waals surface area contributed by atoms with Crippen LogP contribution in [0.1, 0.15) is 18.9 Å². The van der Waals surface area contributed by atoms with E-state index in [2.05, 4.69) is 5.32 Å². The topological polar surface area (TPSA) is 72.2 Å². The van der Waals surface area contributed by atoms with Crippen molar-refractivity contribution in [3.8, 4) is 0 Å². The number of benzene rings is 1. The van der Waals surface area contributed by atoms with Gasteiger partial charge < -0.3 is 11.1 Å². The molecule has 0 saturated heterocycles. The molecular formula is C13H18N2O2. The second kappa shape index (κ2) is 6.68. The van der Waals surface area contributed by atoms with Gasteiger partial charge in [-0.2, -0.15) is 0 Å². The monoisotopic (exact) mass is 234 g/mol. The van der Waals surface area contributed by atoms with Gasteiger partial charge >= 0.3 is 0 Å². The van der Waals surface area contributed by atoms with Gasteiger partial charge in [-0.25, -0.2) is 0 Å². The lowest BCUT2D eigenvalue weighted by atomic mass is 9.95. The molecule has 0 bridgehead atoms. The Kier molecular flexibility index (Phi) is 5.20. The molecule has 3 N–H and O–H groups in total. The summed E-state index contributed by atoms with van der Waals surface area (Å²) in [7, 11) is 0. The van der Waals surface area contributed by atoms with Crippen LogP contribution in [0.2, 0.25) is 0 Å². The van der Waals surface area contributed by atoms with Crippen LogP contribution in [0.3, 0.4) is 0 Å². The molecule has 92 valence electrons. The first-order valence-corrected chi connectivity index (χ1v) is 5.73. The predicted molar refractivity (Wildman–Crippen MR) is 66.1 cm³/mol. The van der Waals surface area contributed by atoms with Gasteiger partial charge in [0.1, 0.15) is 0 Å². The average molecular weight is 234 g/mol. The summed E-state index contributed by atoms with van der Waals surface area (Å²) < 4.78 is 0. The van der Waals surface area contributed by atoms with Gasteiger partial charge in [0.05, 0.1) is 5.92 Å². The molecule has 0 spiro atoms. The fraction of sp³-hybridized carbons (Fsp3) is 0.385. The summed E-state index contributed by atoms with van der Waals surface area (Å²) in [5.74, 6) is -0.942. The number of primary amides is 1. The van der Waals surface area contributed by atoms with E-state index >= 15 is 0 Å². The molecule has 0 aliphatic rings. The third-order valence-electron chi connectivity index (χ3n) is 2.49. The molecule has 0 heterocycles. The molecule has 4 heteroatoms. The van der Waals surface area contributed by atoms with Crippen LogP contribution in [0.25, 0.3) is 0 Å². The van der Waals surface area contributed by atoms with Crippen molar-refractivity contribution >= 4 is 11.8 Å². The van der Waals surface area contributed by atoms with Crippen molar-refractivity contribution in [1.29, 1.82) is 0 Å². The first kappa shape index (κ1) is 13.2. The Morgan fingerprint density at radius 2 is 1.94 bits per heavy atom. The third kappa shape index (κ3) is 4.68. The van der Waals surface area contributed by atoms with E-state index in [1.165, 1.54) is 0 Å². The molecule has 4 nitrogen and oxygen atoms in total. The largest absolute Gasteiger partial charge is 0.370 e. The molecule has 0 fully saturated rings. The van der Waals surface area contributed by atoms with Crippen LogP contribution in [0.5, 0.6) is 0 Å². The van der Waals surface area contributed by atoms with Crippen molar-refractivity contribution in [3.63, 3.8) is 0 Å². The number of hydrogen-bond donors (Lipinski definition) is 2. The van der Waals surface area contributed by atoms with Gasteiger partial charge in [-0.15, -0.1) is 0 Å². The number of rotatable bonds is 6. The summed E-state index contributed by atoms with van der Waals surface area (Å²) in [6.45, 7) is 2.41. The number of nitrogens with one attached hydrogen (secondary N) is 1. The van der Waals surface area contributed by atoms with Crippen molar-refractivity contribution < 1.29 is 9.59 Å². The molecular weight excluding hydrogens is 216 g/mol. The molecule has 0 radical (unpaired) electrons. The van der Waals surface area contributed by atoms with Crippen LogP contribution in [-0.4, -0.2) is 18.4 Å². The molecule has 0 aliphatic heterocycles. The second-order valence-electron chi connectivity index (χ2n) is 3.95. The normalized spacial score (nSPS) is 11.8. The number of carbonyl (C=O) groups is 2. The van der Waals surface area contributed by atoms with E-state index in [0.717, 1.165) is 5.56 Å². The molecule has 0 aromatic heterocycles. The number of nitrogens with two attached hydrogens (primary N) is 1. The SMILES string of the molecule is CCNC(=O)C(CC(N)=O)Cc1ccccc1. The fourth-order valence-corrected chi connectivity index (χ4v) is 1.72. The summed E-state index contributed by atoms with van der Waals surface area (Å²) in [6.07, 6.45) is 0.621. The van der Waals surface area contributed by atoms with Gasteiger partial charge in [0.15, 0.2) is 0 Å². The smallest absolute Gasteiger partial charge is 0.223 e. The Hall–Kier alpha value is -1.84. The summed E-state index contributed by atoms with van der Waals surface area (Å²) in [5, 5.41) is 2.72. The van der Waals surface area contributed by atoms with Crippen LogP contribution >= 0.6 is 0 Å². The van der Waals surface area contributed by atoms with E-state index < -0.39 is 5.91 Å². The Morgan fingerprint density at radius 3 is 2.47 bits per heavy atom. The minimum atomic E-state index is -0.447. The van der Waals surface area contributed by atoms with Gasteiger partial charge in [0.25, 0.3) is 0 Å². The van der Waals surface area contributed by atoms with Crippen LogP contribution < -0.4 is 11.1 Å². The maximum absolute atomic E-state index is 11.8. The maximum atomic E-state index is 11.8. The van der Waals surface area contributed by atoms with Gasteiger partial charge in [-0.05, 0) is 18.9 Å². The van der Waals surface area contributed by atoms with E-state index in [1.54, 1.807) is 0 Å². The lowest BCUT2D eigenvalue weighted by molar-refractivity contribution is -0.129. The molecule has 1 aromatic rings. The third-order valence-corrected chi connectivity index (χ3v) is 2.49. The Bertz CT molecular complexity index is 376. The highest BCUT2D eigenvalue weighted by atomic mass is 16.2. The van der Waals surface area contributed by atoms with Crippen LogP contribution in [0.4, 0.5) is 0 Å². The highest BCUT2D eigenvalue weighted by Gasteiger charge is 2.20. The molecule has 1 rings (SSSR count). The van der Waals surface area contributed by atoms with Gasteiger partial charge in [0.2, 0.25) is 11.8 Å². The van der Waals surface area contributed by atoms with E-state index in [4.69, 9.17) is 5.73 Å². The van der Waals surface area contributed by atoms with Crippen molar-refractivity contribution in [3.05, 3.63) is 35.9 Å².